The molecule has 3 heterocycles. The molecule has 0 saturated heterocycles. The lowest BCUT2D eigenvalue weighted by atomic mass is 10.2. The maximum Gasteiger partial charge on any atom is 0.178 e. The van der Waals surface area contributed by atoms with Gasteiger partial charge in [0.2, 0.25) is 0 Å². The zero-order chi connectivity index (χ0) is 15.8. The molecule has 23 heavy (non-hydrogen) atoms. The maximum absolute atomic E-state index is 9.86. The van der Waals surface area contributed by atoms with Crippen LogP contribution >= 0.6 is 0 Å². The number of pyridine rings is 1. The fraction of sp³-hybridized carbons (Fsp3) is 0.125. The van der Waals surface area contributed by atoms with Gasteiger partial charge in [-0.15, -0.1) is 5.10 Å². The molecule has 7 nitrogen and oxygen atoms in total. The highest BCUT2D eigenvalue weighted by Gasteiger charge is 2.13. The van der Waals surface area contributed by atoms with Crippen molar-refractivity contribution in [1.29, 1.82) is 0 Å². The summed E-state index contributed by atoms with van der Waals surface area (Å²) in [7, 11) is 1.63. The van der Waals surface area contributed by atoms with Crippen LogP contribution in [0.25, 0.3) is 16.6 Å². The first-order valence-electron chi connectivity index (χ1n) is 7.05. The van der Waals surface area contributed by atoms with Gasteiger partial charge in [-0.05, 0) is 17.7 Å². The minimum absolute atomic E-state index is 0.0837. The van der Waals surface area contributed by atoms with Crippen LogP contribution in [-0.4, -0.2) is 32.0 Å². The highest BCUT2D eigenvalue weighted by Crippen LogP contribution is 2.31. The van der Waals surface area contributed by atoms with Gasteiger partial charge in [0.1, 0.15) is 29.4 Å². The number of hydrogen-bond acceptors (Lipinski definition) is 5. The van der Waals surface area contributed by atoms with Crippen molar-refractivity contribution in [1.82, 2.24) is 19.8 Å². The summed E-state index contributed by atoms with van der Waals surface area (Å²) in [5.74, 6) is 1.43. The van der Waals surface area contributed by atoms with E-state index in [0.717, 1.165) is 22.2 Å². The molecule has 0 atom stereocenters. The van der Waals surface area contributed by atoms with Crippen LogP contribution < -0.4 is 9.47 Å². The van der Waals surface area contributed by atoms with E-state index in [1.54, 1.807) is 23.9 Å². The van der Waals surface area contributed by atoms with Crippen molar-refractivity contribution in [2.75, 3.05) is 7.11 Å². The van der Waals surface area contributed by atoms with E-state index in [-0.39, 0.29) is 5.75 Å². The first-order valence-corrected chi connectivity index (χ1v) is 7.05. The van der Waals surface area contributed by atoms with Gasteiger partial charge in [0, 0.05) is 6.07 Å². The largest absolute Gasteiger partial charge is 0.506 e. The van der Waals surface area contributed by atoms with Gasteiger partial charge in [0.15, 0.2) is 5.65 Å². The summed E-state index contributed by atoms with van der Waals surface area (Å²) in [5, 5.41) is 21.8. The van der Waals surface area contributed by atoms with Gasteiger partial charge < -0.3 is 14.6 Å². The lowest BCUT2D eigenvalue weighted by molar-refractivity contribution is 0.306. The van der Waals surface area contributed by atoms with Crippen molar-refractivity contribution in [2.24, 2.45) is 0 Å². The average Bonchev–Trinajstić information content (AvgIpc) is 3.13. The van der Waals surface area contributed by atoms with Crippen molar-refractivity contribution in [3.63, 3.8) is 0 Å². The molecule has 7 heteroatoms. The van der Waals surface area contributed by atoms with E-state index in [2.05, 4.69) is 15.3 Å². The number of methoxy groups -OCH3 is 1. The van der Waals surface area contributed by atoms with Crippen molar-refractivity contribution in [3.05, 3.63) is 48.3 Å². The van der Waals surface area contributed by atoms with E-state index >= 15 is 0 Å². The van der Waals surface area contributed by atoms with Gasteiger partial charge in [0.25, 0.3) is 0 Å². The smallest absolute Gasteiger partial charge is 0.178 e. The summed E-state index contributed by atoms with van der Waals surface area (Å²) in [4.78, 5) is 0. The normalized spacial score (nSPS) is 11.2. The number of fused-ring (bicyclic) bond motifs is 3. The number of aromatic nitrogens is 4. The van der Waals surface area contributed by atoms with E-state index in [0.29, 0.717) is 18.0 Å². The van der Waals surface area contributed by atoms with Crippen LogP contribution in [0.15, 0.2) is 42.7 Å². The summed E-state index contributed by atoms with van der Waals surface area (Å²) in [6.07, 6.45) is 3.22. The van der Waals surface area contributed by atoms with Gasteiger partial charge in [0.05, 0.1) is 24.9 Å². The Bertz CT molecular complexity index is 972. The highest BCUT2D eigenvalue weighted by atomic mass is 16.5. The van der Waals surface area contributed by atoms with Crippen molar-refractivity contribution < 1.29 is 14.6 Å². The number of nitrogens with zero attached hydrogens (tertiary/aromatic N) is 3. The van der Waals surface area contributed by atoms with Crippen LogP contribution in [0.4, 0.5) is 0 Å². The third-order valence-electron chi connectivity index (χ3n) is 3.63. The number of aromatic hydroxyl groups is 1. The predicted molar refractivity (Wildman–Crippen MR) is 83.8 cm³/mol. The Balaban J connectivity index is 1.69. The minimum atomic E-state index is 0.0837. The molecule has 0 bridgehead atoms. The molecule has 0 aliphatic heterocycles. The number of benzene rings is 1. The molecular formula is C16H14N4O3. The lowest BCUT2D eigenvalue weighted by Gasteiger charge is -2.09. The maximum atomic E-state index is 9.86. The van der Waals surface area contributed by atoms with Gasteiger partial charge in [-0.25, -0.2) is 4.52 Å². The number of hydrogen-bond donors (Lipinski definition) is 2. The summed E-state index contributed by atoms with van der Waals surface area (Å²) < 4.78 is 12.6. The topological polar surface area (TPSA) is 84.7 Å². The van der Waals surface area contributed by atoms with Crippen LogP contribution in [0.5, 0.6) is 17.2 Å². The Labute approximate surface area is 131 Å². The van der Waals surface area contributed by atoms with E-state index in [1.807, 2.05) is 24.3 Å². The Hall–Kier alpha value is -3.22. The Kier molecular flexibility index (Phi) is 3.04. The first kappa shape index (κ1) is 13.4. The molecule has 0 fully saturated rings. The molecule has 2 N–H and O–H groups in total. The molecular weight excluding hydrogens is 296 g/mol. The molecule has 0 unspecified atom stereocenters. The molecule has 0 aliphatic rings. The molecule has 1 aromatic carbocycles. The molecule has 3 aromatic heterocycles. The Morgan fingerprint density at radius 3 is 2.87 bits per heavy atom. The molecule has 0 aliphatic carbocycles. The average molecular weight is 310 g/mol. The number of H-pyrrole nitrogens is 1. The molecule has 0 spiro atoms. The quantitative estimate of drug-likeness (QED) is 0.605. The molecule has 116 valence electrons. The van der Waals surface area contributed by atoms with Crippen LogP contribution in [0.2, 0.25) is 0 Å². The van der Waals surface area contributed by atoms with E-state index in [9.17, 15) is 5.11 Å². The molecule has 4 aromatic rings. The molecule has 0 saturated carbocycles. The monoisotopic (exact) mass is 310 g/mol. The number of rotatable bonds is 4. The zero-order valence-corrected chi connectivity index (χ0v) is 12.4. The Morgan fingerprint density at radius 2 is 2.09 bits per heavy atom. The second-order valence-electron chi connectivity index (χ2n) is 5.12. The summed E-state index contributed by atoms with van der Waals surface area (Å²) in [6.45, 7) is 0.369. The second kappa shape index (κ2) is 5.20. The van der Waals surface area contributed by atoms with E-state index in [1.165, 1.54) is 6.20 Å². The van der Waals surface area contributed by atoms with Crippen LogP contribution in [0, 0.1) is 0 Å². The van der Waals surface area contributed by atoms with Crippen molar-refractivity contribution in [3.8, 4) is 17.2 Å². The fourth-order valence-corrected chi connectivity index (χ4v) is 2.51. The standard InChI is InChI=1S/C16H14N4O3/c1-22-12-4-2-10(3-5-12)9-23-14-6-11(21)8-20-15(14)13-7-17-18-16(13)19-20/h2-8,21H,9H2,1H3,(H,18,19). The SMILES string of the molecule is COc1ccc(COc2cc(O)cn3nc4[nH]ncc4c23)cc1. The van der Waals surface area contributed by atoms with Gasteiger partial charge in [-0.3, -0.25) is 5.10 Å². The van der Waals surface area contributed by atoms with Gasteiger partial charge in [-0.2, -0.15) is 5.10 Å². The van der Waals surface area contributed by atoms with Crippen LogP contribution in [0.1, 0.15) is 5.56 Å². The van der Waals surface area contributed by atoms with E-state index in [4.69, 9.17) is 9.47 Å². The van der Waals surface area contributed by atoms with E-state index < -0.39 is 0 Å². The van der Waals surface area contributed by atoms with Gasteiger partial charge in [-0.1, -0.05) is 12.1 Å². The minimum Gasteiger partial charge on any atom is -0.506 e. The third-order valence-corrected chi connectivity index (χ3v) is 3.63. The second-order valence-corrected chi connectivity index (χ2v) is 5.12. The van der Waals surface area contributed by atoms with Crippen molar-refractivity contribution in [2.45, 2.75) is 6.61 Å². The Morgan fingerprint density at radius 1 is 1.26 bits per heavy atom. The van der Waals surface area contributed by atoms with Crippen molar-refractivity contribution >= 4 is 16.6 Å². The zero-order valence-electron chi connectivity index (χ0n) is 12.4. The number of aromatic amines is 1. The number of ether oxygens (including phenoxy) is 2. The molecule has 0 amide bonds. The lowest BCUT2D eigenvalue weighted by Crippen LogP contribution is -1.98. The predicted octanol–water partition coefficient (Wildman–Crippen LogP) is 2.50. The summed E-state index contributed by atoms with van der Waals surface area (Å²) >= 11 is 0. The van der Waals surface area contributed by atoms with Crippen LogP contribution in [-0.2, 0) is 6.61 Å². The number of nitrogens with one attached hydrogen (secondary N) is 1. The fourth-order valence-electron chi connectivity index (χ4n) is 2.51. The summed E-state index contributed by atoms with van der Waals surface area (Å²) in [6, 6.07) is 9.20. The summed E-state index contributed by atoms with van der Waals surface area (Å²) in [5.41, 5.74) is 2.40. The molecule has 4 rings (SSSR count). The molecule has 0 radical (unpaired) electrons. The van der Waals surface area contributed by atoms with Gasteiger partial charge >= 0.3 is 0 Å². The third kappa shape index (κ3) is 2.32. The highest BCUT2D eigenvalue weighted by molar-refractivity contribution is 5.95. The van der Waals surface area contributed by atoms with Crippen LogP contribution in [0.3, 0.4) is 0 Å². The first-order chi connectivity index (χ1) is 11.2.